The number of para-hydroxylation sites is 1. The molecule has 1 heterocycles. The van der Waals surface area contributed by atoms with Gasteiger partial charge in [0.1, 0.15) is 0 Å². The van der Waals surface area contributed by atoms with Crippen molar-refractivity contribution >= 4 is 63.8 Å². The lowest BCUT2D eigenvalue weighted by Crippen LogP contribution is -2.44. The molecule has 0 spiro atoms. The van der Waals surface area contributed by atoms with Crippen molar-refractivity contribution in [2.75, 3.05) is 20.8 Å². The van der Waals surface area contributed by atoms with Gasteiger partial charge >= 0.3 is 5.97 Å². The molecule has 1 N–H and O–H groups in total. The summed E-state index contributed by atoms with van der Waals surface area (Å²) in [6.45, 7) is 1.51. The molecule has 8 nitrogen and oxygen atoms in total. The van der Waals surface area contributed by atoms with Gasteiger partial charge in [0.2, 0.25) is 0 Å². The highest BCUT2D eigenvalue weighted by molar-refractivity contribution is 8.26. The van der Waals surface area contributed by atoms with Gasteiger partial charge in [-0.2, -0.15) is 5.01 Å². The quantitative estimate of drug-likeness (QED) is 0.345. The molecule has 0 atom stereocenters. The molecular weight excluding hydrogens is 488 g/mol. The summed E-state index contributed by atoms with van der Waals surface area (Å²) >= 11 is 12.4. The number of nitrogens with zero attached hydrogens (tertiary/aromatic N) is 1. The number of hydrogen-bond donors (Lipinski definition) is 1. The Bertz CT molecular complexity index is 1170. The van der Waals surface area contributed by atoms with Crippen molar-refractivity contribution < 1.29 is 28.6 Å². The minimum Gasteiger partial charge on any atom is -0.493 e. The molecule has 3 rings (SSSR count). The molecule has 1 aliphatic heterocycles. The van der Waals surface area contributed by atoms with Crippen LogP contribution in [0.4, 0.5) is 0 Å². The smallest absolute Gasteiger partial charge is 0.343 e. The molecule has 2 aromatic rings. The van der Waals surface area contributed by atoms with E-state index in [-0.39, 0.29) is 32.2 Å². The number of nitrogens with one attached hydrogen (secondary N) is 1. The molecular formula is C22H19ClN2O6S2. The first-order chi connectivity index (χ1) is 15.7. The molecule has 0 radical (unpaired) electrons. The highest BCUT2D eigenvalue weighted by Gasteiger charge is 2.34. The van der Waals surface area contributed by atoms with Crippen LogP contribution in [0.15, 0.2) is 41.3 Å². The number of carbonyl (C=O) groups is 3. The minimum atomic E-state index is -0.573. The van der Waals surface area contributed by atoms with E-state index in [0.717, 1.165) is 22.3 Å². The van der Waals surface area contributed by atoms with Crippen LogP contribution in [0.25, 0.3) is 6.08 Å². The fourth-order valence-corrected chi connectivity index (χ4v) is 4.31. The zero-order chi connectivity index (χ0) is 24.1. The zero-order valence-corrected chi connectivity index (χ0v) is 20.2. The van der Waals surface area contributed by atoms with Gasteiger partial charge in [-0.05, 0) is 49.0 Å². The number of rotatable bonds is 7. The van der Waals surface area contributed by atoms with E-state index < -0.39 is 17.8 Å². The molecule has 2 aromatic carbocycles. The summed E-state index contributed by atoms with van der Waals surface area (Å²) in [6.07, 6.45) is 1.54. The summed E-state index contributed by atoms with van der Waals surface area (Å²) < 4.78 is 15.6. The second-order valence-corrected chi connectivity index (χ2v) is 8.77. The van der Waals surface area contributed by atoms with Crippen LogP contribution in [-0.2, 0) is 14.3 Å². The monoisotopic (exact) mass is 506 g/mol. The van der Waals surface area contributed by atoms with Gasteiger partial charge in [-0.15, -0.1) is 0 Å². The molecule has 172 valence electrons. The Labute approximate surface area is 204 Å². The van der Waals surface area contributed by atoms with E-state index in [1.54, 1.807) is 42.5 Å². The van der Waals surface area contributed by atoms with Gasteiger partial charge in [0.05, 0.1) is 29.7 Å². The van der Waals surface area contributed by atoms with Crippen LogP contribution in [0.1, 0.15) is 21.5 Å². The number of esters is 1. The van der Waals surface area contributed by atoms with Crippen LogP contribution in [0.5, 0.6) is 11.5 Å². The van der Waals surface area contributed by atoms with Crippen molar-refractivity contribution in [2.24, 2.45) is 0 Å². The molecule has 1 aliphatic rings. The first kappa shape index (κ1) is 24.6. The molecule has 1 fully saturated rings. The van der Waals surface area contributed by atoms with E-state index in [9.17, 15) is 14.4 Å². The number of halogens is 1. The zero-order valence-electron chi connectivity index (χ0n) is 17.8. The number of hydrazine groups is 1. The molecule has 0 unspecified atom stereocenters. The molecule has 1 saturated heterocycles. The Morgan fingerprint density at radius 3 is 2.67 bits per heavy atom. The average molecular weight is 507 g/mol. The first-order valence-corrected chi connectivity index (χ1v) is 11.1. The number of hydrogen-bond acceptors (Lipinski definition) is 8. The second-order valence-electron chi connectivity index (χ2n) is 6.68. The van der Waals surface area contributed by atoms with Gasteiger partial charge in [-0.25, -0.2) is 4.79 Å². The largest absolute Gasteiger partial charge is 0.493 e. The molecule has 0 saturated carbocycles. The van der Waals surface area contributed by atoms with Gasteiger partial charge in [0.25, 0.3) is 11.8 Å². The fourth-order valence-electron chi connectivity index (χ4n) is 2.82. The van der Waals surface area contributed by atoms with Crippen molar-refractivity contribution in [3.8, 4) is 11.5 Å². The Morgan fingerprint density at radius 2 is 2.00 bits per heavy atom. The minimum absolute atomic E-state index is 0.141. The third kappa shape index (κ3) is 5.65. The summed E-state index contributed by atoms with van der Waals surface area (Å²) in [4.78, 5) is 37.4. The van der Waals surface area contributed by atoms with E-state index in [2.05, 4.69) is 10.2 Å². The highest BCUT2D eigenvalue weighted by Crippen LogP contribution is 2.37. The summed E-state index contributed by atoms with van der Waals surface area (Å²) in [7, 11) is 2.70. The van der Waals surface area contributed by atoms with Gasteiger partial charge in [0.15, 0.2) is 22.4 Å². The Hall–Kier alpha value is -3.08. The molecule has 0 bridgehead atoms. The highest BCUT2D eigenvalue weighted by atomic mass is 35.5. The first-order valence-electron chi connectivity index (χ1n) is 9.47. The summed E-state index contributed by atoms with van der Waals surface area (Å²) in [5.41, 5.74) is 4.09. The number of benzene rings is 2. The van der Waals surface area contributed by atoms with Crippen LogP contribution < -0.4 is 14.9 Å². The third-order valence-corrected chi connectivity index (χ3v) is 6.07. The number of thiocarbonyl (C=S) groups is 1. The Morgan fingerprint density at radius 1 is 1.24 bits per heavy atom. The predicted octanol–water partition coefficient (Wildman–Crippen LogP) is 3.76. The predicted molar refractivity (Wildman–Crippen MR) is 129 cm³/mol. The Kier molecular flexibility index (Phi) is 7.96. The summed E-state index contributed by atoms with van der Waals surface area (Å²) in [5, 5.41) is 1.25. The van der Waals surface area contributed by atoms with Crippen molar-refractivity contribution in [3.63, 3.8) is 0 Å². The number of thioether (sulfide) groups is 1. The van der Waals surface area contributed by atoms with Crippen LogP contribution in [0.2, 0.25) is 5.02 Å². The molecule has 0 aliphatic carbocycles. The molecule has 2 amide bonds. The molecule has 0 aromatic heterocycles. The van der Waals surface area contributed by atoms with E-state index in [0.29, 0.717) is 11.3 Å². The number of ether oxygens (including phenoxy) is 3. The van der Waals surface area contributed by atoms with Crippen LogP contribution in [0.3, 0.4) is 0 Å². The maximum atomic E-state index is 13.0. The lowest BCUT2D eigenvalue weighted by Gasteiger charge is -2.16. The topological polar surface area (TPSA) is 94.2 Å². The molecule has 11 heteroatoms. The summed E-state index contributed by atoms with van der Waals surface area (Å²) in [6, 6.07) is 10.0. The van der Waals surface area contributed by atoms with Gasteiger partial charge in [-0.1, -0.05) is 41.6 Å². The Balaban J connectivity index is 1.85. The maximum Gasteiger partial charge on any atom is 0.343 e. The average Bonchev–Trinajstić information content (AvgIpc) is 3.04. The van der Waals surface area contributed by atoms with Crippen molar-refractivity contribution in [1.29, 1.82) is 0 Å². The molecule has 33 heavy (non-hydrogen) atoms. The summed E-state index contributed by atoms with van der Waals surface area (Å²) in [5.74, 6) is -1.04. The van der Waals surface area contributed by atoms with E-state index in [1.165, 1.54) is 14.2 Å². The standard InChI is InChI=1S/C22H19ClN2O6S2/c1-12-7-8-14(15(23)9-12)20(27)24-25-21(28)17(33-22(25)32)10-13-5-4-6-16(29-2)19(13)31-11-18(26)30-3/h4-10H,11H2,1-3H3,(H,24,27)/b17-10+. The lowest BCUT2D eigenvalue weighted by atomic mass is 10.1. The number of methoxy groups -OCH3 is 2. The van der Waals surface area contributed by atoms with Gasteiger partial charge < -0.3 is 14.2 Å². The third-order valence-electron chi connectivity index (χ3n) is 4.45. The van der Waals surface area contributed by atoms with Crippen molar-refractivity contribution in [3.05, 3.63) is 63.0 Å². The van der Waals surface area contributed by atoms with Crippen molar-refractivity contribution in [2.45, 2.75) is 6.92 Å². The van der Waals surface area contributed by atoms with Crippen LogP contribution in [-0.4, -0.2) is 47.9 Å². The maximum absolute atomic E-state index is 13.0. The van der Waals surface area contributed by atoms with Gasteiger partial charge in [0, 0.05) is 5.56 Å². The van der Waals surface area contributed by atoms with Crippen LogP contribution >= 0.6 is 35.6 Å². The lowest BCUT2D eigenvalue weighted by molar-refractivity contribution is -0.142. The second kappa shape index (κ2) is 10.7. The van der Waals surface area contributed by atoms with Gasteiger partial charge in [-0.3, -0.25) is 15.0 Å². The van der Waals surface area contributed by atoms with E-state index in [4.69, 9.17) is 33.3 Å². The van der Waals surface area contributed by atoms with Crippen LogP contribution in [0, 0.1) is 6.92 Å². The number of amides is 2. The number of aryl methyl sites for hydroxylation is 1. The number of carbonyl (C=O) groups excluding carboxylic acids is 3. The fraction of sp³-hybridized carbons (Fsp3) is 0.182. The normalized spacial score (nSPS) is 14.4. The van der Waals surface area contributed by atoms with Crippen molar-refractivity contribution in [1.82, 2.24) is 10.4 Å². The van der Waals surface area contributed by atoms with E-state index in [1.807, 2.05) is 6.92 Å². The SMILES string of the molecule is COC(=O)COc1c(/C=C2/SC(=S)N(NC(=O)c3ccc(C)cc3Cl)C2=O)cccc1OC. The van der Waals surface area contributed by atoms with E-state index >= 15 is 0 Å².